The summed E-state index contributed by atoms with van der Waals surface area (Å²) >= 11 is 6.11. The number of halogens is 1. The van der Waals surface area contributed by atoms with Crippen LogP contribution in [0.5, 0.6) is 5.75 Å². The van der Waals surface area contributed by atoms with Gasteiger partial charge in [0.15, 0.2) is 6.61 Å². The van der Waals surface area contributed by atoms with E-state index in [-0.39, 0.29) is 12.5 Å². The van der Waals surface area contributed by atoms with Crippen molar-refractivity contribution in [3.05, 3.63) is 35.5 Å². The van der Waals surface area contributed by atoms with Crippen LogP contribution in [-0.4, -0.2) is 37.1 Å². The van der Waals surface area contributed by atoms with Gasteiger partial charge in [-0.1, -0.05) is 18.5 Å². The molecule has 1 heterocycles. The molecule has 0 bridgehead atoms. The van der Waals surface area contributed by atoms with E-state index in [1.165, 1.54) is 0 Å². The molecule has 2 rings (SSSR count). The van der Waals surface area contributed by atoms with Gasteiger partial charge >= 0.3 is 0 Å². The van der Waals surface area contributed by atoms with Gasteiger partial charge in [0.1, 0.15) is 11.3 Å². The molecule has 0 aliphatic rings. The summed E-state index contributed by atoms with van der Waals surface area (Å²) in [6, 6.07) is 7.15. The summed E-state index contributed by atoms with van der Waals surface area (Å²) in [4.78, 5) is 15.9. The third-order valence-electron chi connectivity index (χ3n) is 2.91. The predicted octanol–water partition coefficient (Wildman–Crippen LogP) is 1.99. The summed E-state index contributed by atoms with van der Waals surface area (Å²) in [6.45, 7) is 4.18. The minimum absolute atomic E-state index is 0.0422. The summed E-state index contributed by atoms with van der Waals surface area (Å²) in [7, 11) is 0. The van der Waals surface area contributed by atoms with E-state index in [9.17, 15) is 4.79 Å². The molecule has 21 heavy (non-hydrogen) atoms. The lowest BCUT2D eigenvalue weighted by Gasteiger charge is -2.10. The molecular formula is C15H18ClN3O2. The van der Waals surface area contributed by atoms with Crippen LogP contribution in [0.3, 0.4) is 0 Å². The van der Waals surface area contributed by atoms with Crippen molar-refractivity contribution in [1.82, 2.24) is 15.6 Å². The predicted molar refractivity (Wildman–Crippen MR) is 83.8 cm³/mol. The molecule has 2 N–H and O–H groups in total. The number of ether oxygens (including phenoxy) is 1. The van der Waals surface area contributed by atoms with Crippen molar-refractivity contribution in [1.29, 1.82) is 0 Å². The molecule has 0 saturated heterocycles. The molecule has 1 aromatic heterocycles. The first-order chi connectivity index (χ1) is 10.2. The highest BCUT2D eigenvalue weighted by atomic mass is 35.5. The van der Waals surface area contributed by atoms with Crippen molar-refractivity contribution in [2.24, 2.45) is 0 Å². The molecule has 1 amide bonds. The lowest BCUT2D eigenvalue weighted by molar-refractivity contribution is -0.123. The molecule has 1 aromatic carbocycles. The number of hydrogen-bond donors (Lipinski definition) is 2. The van der Waals surface area contributed by atoms with Crippen molar-refractivity contribution in [3.8, 4) is 5.75 Å². The van der Waals surface area contributed by atoms with Crippen molar-refractivity contribution >= 4 is 28.4 Å². The second kappa shape index (κ2) is 7.81. The van der Waals surface area contributed by atoms with Gasteiger partial charge in [0.05, 0.1) is 5.02 Å². The Hall–Kier alpha value is -1.85. The number of pyridine rings is 1. The fraction of sp³-hybridized carbons (Fsp3) is 0.333. The standard InChI is InChI=1S/C15H18ClN3O2/c1-2-17-8-9-18-14(20)10-21-13-6-5-12(16)11-4-3-7-19-15(11)13/h3-7,17H,2,8-10H2,1H3,(H,18,20). The lowest BCUT2D eigenvalue weighted by Crippen LogP contribution is -2.34. The number of hydrogen-bond acceptors (Lipinski definition) is 4. The fourth-order valence-electron chi connectivity index (χ4n) is 1.89. The fourth-order valence-corrected chi connectivity index (χ4v) is 2.11. The van der Waals surface area contributed by atoms with Gasteiger partial charge in [0.25, 0.3) is 5.91 Å². The van der Waals surface area contributed by atoms with Crippen molar-refractivity contribution in [3.63, 3.8) is 0 Å². The number of amides is 1. The SMILES string of the molecule is CCNCCNC(=O)COc1ccc(Cl)c2cccnc12. The molecule has 0 spiro atoms. The van der Waals surface area contributed by atoms with Crippen LogP contribution in [0.15, 0.2) is 30.5 Å². The molecule has 5 nitrogen and oxygen atoms in total. The summed E-state index contributed by atoms with van der Waals surface area (Å²) in [5, 5.41) is 7.32. The van der Waals surface area contributed by atoms with Crippen molar-refractivity contribution < 1.29 is 9.53 Å². The van der Waals surface area contributed by atoms with Gasteiger partial charge in [0.2, 0.25) is 0 Å². The zero-order valence-corrected chi connectivity index (χ0v) is 12.6. The Labute approximate surface area is 128 Å². The normalized spacial score (nSPS) is 10.6. The highest BCUT2D eigenvalue weighted by molar-refractivity contribution is 6.35. The number of fused-ring (bicyclic) bond motifs is 1. The molecule has 0 fully saturated rings. The molecule has 0 aliphatic heterocycles. The molecule has 0 radical (unpaired) electrons. The van der Waals surface area contributed by atoms with Gasteiger partial charge < -0.3 is 15.4 Å². The minimum atomic E-state index is -0.160. The number of rotatable bonds is 7. The zero-order chi connectivity index (χ0) is 15.1. The molecule has 112 valence electrons. The molecule has 0 aliphatic carbocycles. The Morgan fingerprint density at radius 1 is 1.33 bits per heavy atom. The Balaban J connectivity index is 1.95. The lowest BCUT2D eigenvalue weighted by atomic mass is 10.2. The number of aromatic nitrogens is 1. The monoisotopic (exact) mass is 307 g/mol. The van der Waals surface area contributed by atoms with Crippen molar-refractivity contribution in [2.45, 2.75) is 6.92 Å². The van der Waals surface area contributed by atoms with Crippen LogP contribution < -0.4 is 15.4 Å². The third-order valence-corrected chi connectivity index (χ3v) is 3.24. The smallest absolute Gasteiger partial charge is 0.257 e. The van der Waals surface area contributed by atoms with Gasteiger partial charge in [-0.25, -0.2) is 0 Å². The van der Waals surface area contributed by atoms with Crippen LogP contribution in [0.4, 0.5) is 0 Å². The largest absolute Gasteiger partial charge is 0.481 e. The molecule has 0 saturated carbocycles. The number of carbonyl (C=O) groups excluding carboxylic acids is 1. The summed E-state index contributed by atoms with van der Waals surface area (Å²) in [6.07, 6.45) is 1.67. The first-order valence-electron chi connectivity index (χ1n) is 6.86. The number of nitrogens with one attached hydrogen (secondary N) is 2. The van der Waals surface area contributed by atoms with Crippen LogP contribution in [0.25, 0.3) is 10.9 Å². The number of carbonyl (C=O) groups is 1. The summed E-state index contributed by atoms with van der Waals surface area (Å²) < 4.78 is 5.54. The van der Waals surface area contributed by atoms with Crippen LogP contribution in [-0.2, 0) is 4.79 Å². The highest BCUT2D eigenvalue weighted by Crippen LogP contribution is 2.29. The van der Waals surface area contributed by atoms with Crippen LogP contribution in [0.2, 0.25) is 5.02 Å². The minimum Gasteiger partial charge on any atom is -0.481 e. The maximum Gasteiger partial charge on any atom is 0.257 e. The Bertz CT molecular complexity index is 619. The maximum atomic E-state index is 11.7. The highest BCUT2D eigenvalue weighted by Gasteiger charge is 2.08. The van der Waals surface area contributed by atoms with Crippen LogP contribution in [0, 0.1) is 0 Å². The topological polar surface area (TPSA) is 63.2 Å². The number of benzene rings is 1. The van der Waals surface area contributed by atoms with E-state index in [0.29, 0.717) is 22.8 Å². The molecule has 0 unspecified atom stereocenters. The zero-order valence-electron chi connectivity index (χ0n) is 11.9. The average molecular weight is 308 g/mol. The van der Waals surface area contributed by atoms with Gasteiger partial charge in [-0.3, -0.25) is 9.78 Å². The van der Waals surface area contributed by atoms with Crippen molar-refractivity contribution in [2.75, 3.05) is 26.2 Å². The van der Waals surface area contributed by atoms with E-state index in [1.54, 1.807) is 18.3 Å². The van der Waals surface area contributed by atoms with E-state index in [1.807, 2.05) is 19.1 Å². The average Bonchev–Trinajstić information content (AvgIpc) is 2.51. The first kappa shape index (κ1) is 15.5. The summed E-state index contributed by atoms with van der Waals surface area (Å²) in [5.41, 5.74) is 0.658. The molecule has 0 atom stereocenters. The van der Waals surface area contributed by atoms with E-state index in [4.69, 9.17) is 16.3 Å². The van der Waals surface area contributed by atoms with Crippen LogP contribution >= 0.6 is 11.6 Å². The van der Waals surface area contributed by atoms with E-state index in [0.717, 1.165) is 18.5 Å². The number of likely N-dealkylation sites (N-methyl/N-ethyl adjacent to an activating group) is 1. The van der Waals surface area contributed by atoms with E-state index >= 15 is 0 Å². The third kappa shape index (κ3) is 4.31. The maximum absolute atomic E-state index is 11.7. The quantitative estimate of drug-likeness (QED) is 0.768. The first-order valence-corrected chi connectivity index (χ1v) is 7.23. The number of nitrogens with zero attached hydrogens (tertiary/aromatic N) is 1. The van der Waals surface area contributed by atoms with E-state index in [2.05, 4.69) is 15.6 Å². The van der Waals surface area contributed by atoms with Gasteiger partial charge in [-0.2, -0.15) is 0 Å². The van der Waals surface area contributed by atoms with E-state index < -0.39 is 0 Å². The molecule has 2 aromatic rings. The van der Waals surface area contributed by atoms with Crippen LogP contribution in [0.1, 0.15) is 6.92 Å². The van der Waals surface area contributed by atoms with Gasteiger partial charge in [-0.05, 0) is 30.8 Å². The Morgan fingerprint density at radius 2 is 2.19 bits per heavy atom. The Kier molecular flexibility index (Phi) is 5.78. The second-order valence-electron chi connectivity index (χ2n) is 4.44. The molecular weight excluding hydrogens is 290 g/mol. The van der Waals surface area contributed by atoms with Gasteiger partial charge in [0, 0.05) is 24.7 Å². The summed E-state index contributed by atoms with van der Waals surface area (Å²) in [5.74, 6) is 0.392. The van der Waals surface area contributed by atoms with Gasteiger partial charge in [-0.15, -0.1) is 0 Å². The molecule has 6 heteroatoms. The second-order valence-corrected chi connectivity index (χ2v) is 4.84. The Morgan fingerprint density at radius 3 is 3.00 bits per heavy atom.